The first-order chi connectivity index (χ1) is 12.1. The summed E-state index contributed by atoms with van der Waals surface area (Å²) in [4.78, 5) is 12.5. The number of halogens is 2. The highest BCUT2D eigenvalue weighted by atomic mass is 127. The molecule has 0 fully saturated rings. The van der Waals surface area contributed by atoms with E-state index in [0.29, 0.717) is 14.7 Å². The van der Waals surface area contributed by atoms with E-state index in [0.717, 1.165) is 10.2 Å². The molecule has 2 aromatic carbocycles. The molecule has 0 saturated heterocycles. The molecular weight excluding hydrogens is 497 g/mol. The number of nitrogens with zero attached hydrogens (tertiary/aromatic N) is 2. The van der Waals surface area contributed by atoms with Crippen molar-refractivity contribution in [3.05, 3.63) is 80.1 Å². The number of carbonyl (C=O) groups excluding carboxylic acids is 1. The van der Waals surface area contributed by atoms with Gasteiger partial charge >= 0.3 is 0 Å². The van der Waals surface area contributed by atoms with Crippen LogP contribution in [0.2, 0.25) is 0 Å². The first kappa shape index (κ1) is 17.7. The number of para-hydroxylation sites is 1. The molecule has 0 spiro atoms. The second-order valence-corrected chi connectivity index (χ2v) is 7.21. The van der Waals surface area contributed by atoms with Crippen LogP contribution in [-0.2, 0) is 0 Å². The van der Waals surface area contributed by atoms with Crippen molar-refractivity contribution in [2.75, 3.05) is 0 Å². The predicted molar refractivity (Wildman–Crippen MR) is 109 cm³/mol. The number of phenols is 1. The van der Waals surface area contributed by atoms with Gasteiger partial charge in [0.25, 0.3) is 5.91 Å². The van der Waals surface area contributed by atoms with E-state index >= 15 is 0 Å². The number of amides is 1. The lowest BCUT2D eigenvalue weighted by Gasteiger charge is -2.09. The molecule has 0 aliphatic rings. The minimum Gasteiger partial charge on any atom is -0.506 e. The van der Waals surface area contributed by atoms with Gasteiger partial charge in [0.1, 0.15) is 5.75 Å². The zero-order valence-corrected chi connectivity index (χ0v) is 16.6. The summed E-state index contributed by atoms with van der Waals surface area (Å²) in [6.07, 6.45) is 5.16. The number of hydrazone groups is 1. The quantitative estimate of drug-likeness (QED) is 0.312. The summed E-state index contributed by atoms with van der Waals surface area (Å²) in [5, 5.41) is 14.0. The molecule has 0 aliphatic carbocycles. The fraction of sp³-hybridized carbons (Fsp3) is 0. The van der Waals surface area contributed by atoms with Crippen LogP contribution in [0.5, 0.6) is 5.75 Å². The van der Waals surface area contributed by atoms with Crippen LogP contribution in [0.1, 0.15) is 15.9 Å². The first-order valence-corrected chi connectivity index (χ1v) is 9.17. The Morgan fingerprint density at radius 3 is 2.68 bits per heavy atom. The molecule has 0 saturated carbocycles. The summed E-state index contributed by atoms with van der Waals surface area (Å²) in [6, 6.07) is 14.6. The predicted octanol–water partition coefficient (Wildman–Crippen LogP) is 4.31. The summed E-state index contributed by atoms with van der Waals surface area (Å²) >= 11 is 5.40. The monoisotopic (exact) mass is 509 g/mol. The van der Waals surface area contributed by atoms with Gasteiger partial charge in [-0.1, -0.05) is 28.1 Å². The molecule has 3 aromatic rings. The maximum atomic E-state index is 12.5. The van der Waals surface area contributed by atoms with Gasteiger partial charge < -0.3 is 9.67 Å². The Morgan fingerprint density at radius 1 is 1.20 bits per heavy atom. The third-order valence-corrected chi connectivity index (χ3v) is 4.74. The van der Waals surface area contributed by atoms with Crippen molar-refractivity contribution < 1.29 is 9.90 Å². The van der Waals surface area contributed by atoms with E-state index in [4.69, 9.17) is 0 Å². The molecule has 1 heterocycles. The van der Waals surface area contributed by atoms with Gasteiger partial charge in [0.15, 0.2) is 0 Å². The molecule has 2 N–H and O–H groups in total. The van der Waals surface area contributed by atoms with Crippen molar-refractivity contribution in [2.24, 2.45) is 5.10 Å². The minimum atomic E-state index is -0.329. The topological polar surface area (TPSA) is 66.6 Å². The molecule has 0 aliphatic heterocycles. The summed E-state index contributed by atoms with van der Waals surface area (Å²) in [7, 11) is 0. The van der Waals surface area contributed by atoms with E-state index < -0.39 is 0 Å². The van der Waals surface area contributed by atoms with E-state index in [-0.39, 0.29) is 11.7 Å². The molecule has 5 nitrogen and oxygen atoms in total. The third kappa shape index (κ3) is 4.10. The van der Waals surface area contributed by atoms with E-state index in [1.165, 1.54) is 6.21 Å². The van der Waals surface area contributed by atoms with Gasteiger partial charge in [-0.3, -0.25) is 4.79 Å². The smallest absolute Gasteiger partial charge is 0.273 e. The van der Waals surface area contributed by atoms with Crippen molar-refractivity contribution in [2.45, 2.75) is 0 Å². The fourth-order valence-corrected chi connectivity index (χ4v) is 3.84. The largest absolute Gasteiger partial charge is 0.506 e. The highest BCUT2D eigenvalue weighted by Gasteiger charge is 2.11. The number of benzene rings is 2. The first-order valence-electron chi connectivity index (χ1n) is 7.30. The molecule has 0 radical (unpaired) electrons. The second-order valence-electron chi connectivity index (χ2n) is 5.13. The molecule has 25 heavy (non-hydrogen) atoms. The number of rotatable bonds is 4. The van der Waals surface area contributed by atoms with Crippen LogP contribution in [0.3, 0.4) is 0 Å². The zero-order chi connectivity index (χ0) is 17.8. The molecule has 0 bridgehead atoms. The van der Waals surface area contributed by atoms with Crippen molar-refractivity contribution in [3.63, 3.8) is 0 Å². The van der Waals surface area contributed by atoms with Crippen LogP contribution in [0.4, 0.5) is 0 Å². The Balaban J connectivity index is 1.81. The SMILES string of the molecule is O=C(NN=Cc1cc(Br)cc(I)c1O)c1ccccc1-n1cccc1. The Bertz CT molecular complexity index is 939. The van der Waals surface area contributed by atoms with Gasteiger partial charge in [-0.25, -0.2) is 5.43 Å². The van der Waals surface area contributed by atoms with Crippen LogP contribution < -0.4 is 5.43 Å². The average Bonchev–Trinajstić information content (AvgIpc) is 3.13. The fourth-order valence-electron chi connectivity index (χ4n) is 2.29. The minimum absolute atomic E-state index is 0.120. The van der Waals surface area contributed by atoms with E-state index in [1.54, 1.807) is 24.3 Å². The molecule has 3 rings (SSSR count). The summed E-state index contributed by atoms with van der Waals surface area (Å²) in [6.45, 7) is 0. The van der Waals surface area contributed by atoms with Crippen molar-refractivity contribution >= 4 is 50.6 Å². The highest BCUT2D eigenvalue weighted by Crippen LogP contribution is 2.27. The zero-order valence-electron chi connectivity index (χ0n) is 12.9. The average molecular weight is 510 g/mol. The lowest BCUT2D eigenvalue weighted by atomic mass is 10.1. The summed E-state index contributed by atoms with van der Waals surface area (Å²) < 4.78 is 3.37. The normalized spacial score (nSPS) is 11.0. The van der Waals surface area contributed by atoms with Crippen molar-refractivity contribution in [1.29, 1.82) is 0 Å². The number of nitrogens with one attached hydrogen (secondary N) is 1. The van der Waals surface area contributed by atoms with Gasteiger partial charge in [0.05, 0.1) is 21.0 Å². The van der Waals surface area contributed by atoms with Gasteiger partial charge in [-0.15, -0.1) is 0 Å². The van der Waals surface area contributed by atoms with Crippen molar-refractivity contribution in [1.82, 2.24) is 9.99 Å². The van der Waals surface area contributed by atoms with Gasteiger partial charge in [0, 0.05) is 22.4 Å². The number of aromatic hydroxyl groups is 1. The van der Waals surface area contributed by atoms with Crippen LogP contribution in [-0.4, -0.2) is 21.8 Å². The Morgan fingerprint density at radius 2 is 1.92 bits per heavy atom. The number of hydrogen-bond donors (Lipinski definition) is 2. The lowest BCUT2D eigenvalue weighted by Crippen LogP contribution is -2.19. The second kappa shape index (κ2) is 7.83. The standard InChI is InChI=1S/C18H13BrIN3O2/c19-13-9-12(17(24)15(20)10-13)11-21-22-18(25)14-5-1-2-6-16(14)23-7-3-4-8-23/h1-11,24H,(H,22,25). The summed E-state index contributed by atoms with van der Waals surface area (Å²) in [5.74, 6) is -0.209. The van der Waals surface area contributed by atoms with Crippen molar-refractivity contribution in [3.8, 4) is 11.4 Å². The Labute approximate surface area is 166 Å². The molecule has 0 unspecified atom stereocenters. The Hall–Kier alpha value is -2.13. The van der Waals surface area contributed by atoms with E-state index in [1.807, 2.05) is 63.8 Å². The molecule has 1 amide bonds. The summed E-state index contributed by atoms with van der Waals surface area (Å²) in [5.41, 5.74) is 4.28. The lowest BCUT2D eigenvalue weighted by molar-refractivity contribution is 0.0955. The van der Waals surface area contributed by atoms with Gasteiger partial charge in [-0.2, -0.15) is 5.10 Å². The number of aromatic nitrogens is 1. The van der Waals surface area contributed by atoms with Gasteiger partial charge in [0.2, 0.25) is 0 Å². The maximum absolute atomic E-state index is 12.5. The number of phenolic OH excluding ortho intramolecular Hbond substituents is 1. The maximum Gasteiger partial charge on any atom is 0.273 e. The Kier molecular flexibility index (Phi) is 5.54. The number of hydrogen-bond acceptors (Lipinski definition) is 3. The third-order valence-electron chi connectivity index (χ3n) is 3.46. The molecule has 1 aromatic heterocycles. The molecule has 0 atom stereocenters. The molecular formula is C18H13BrIN3O2. The van der Waals surface area contributed by atoms with Crippen LogP contribution >= 0.6 is 38.5 Å². The van der Waals surface area contributed by atoms with Crippen LogP contribution in [0.25, 0.3) is 5.69 Å². The molecule has 7 heteroatoms. The van der Waals surface area contributed by atoms with Crippen LogP contribution in [0.15, 0.2) is 70.5 Å². The van der Waals surface area contributed by atoms with E-state index in [2.05, 4.69) is 26.5 Å². The van der Waals surface area contributed by atoms with Gasteiger partial charge in [-0.05, 0) is 59.0 Å². The highest BCUT2D eigenvalue weighted by molar-refractivity contribution is 14.1. The number of carbonyl (C=O) groups is 1. The molecule has 126 valence electrons. The van der Waals surface area contributed by atoms with Crippen LogP contribution in [0, 0.1) is 3.57 Å². The van der Waals surface area contributed by atoms with E-state index in [9.17, 15) is 9.90 Å².